The van der Waals surface area contributed by atoms with Gasteiger partial charge in [-0.15, -0.1) is 10.2 Å². The second-order valence-corrected chi connectivity index (χ2v) is 5.97. The predicted molar refractivity (Wildman–Crippen MR) is 80.3 cm³/mol. The van der Waals surface area contributed by atoms with E-state index in [-0.39, 0.29) is 11.1 Å². The minimum atomic E-state index is -4.70. The quantitative estimate of drug-likeness (QED) is 0.679. The molecule has 0 aliphatic carbocycles. The maximum atomic E-state index is 12.6. The van der Waals surface area contributed by atoms with Gasteiger partial charge in [-0.3, -0.25) is 4.79 Å². The number of hydrogen-bond acceptors (Lipinski definition) is 5. The van der Waals surface area contributed by atoms with Crippen molar-refractivity contribution in [2.75, 3.05) is 17.8 Å². The van der Waals surface area contributed by atoms with Crippen molar-refractivity contribution >= 4 is 23.4 Å². The molecule has 1 aromatic heterocycles. The van der Waals surface area contributed by atoms with E-state index in [0.29, 0.717) is 10.4 Å². The Morgan fingerprint density at radius 1 is 1.30 bits per heavy atom. The van der Waals surface area contributed by atoms with Crippen molar-refractivity contribution in [3.63, 3.8) is 0 Å². The monoisotopic (exact) mass is 345 g/mol. The molecule has 0 unspecified atom stereocenters. The fourth-order valence-electron chi connectivity index (χ4n) is 1.81. The van der Waals surface area contributed by atoms with Crippen LogP contribution in [0, 0.1) is 0 Å². The van der Waals surface area contributed by atoms with Crippen LogP contribution in [0.5, 0.6) is 0 Å². The Morgan fingerprint density at radius 3 is 2.43 bits per heavy atom. The van der Waals surface area contributed by atoms with Crippen LogP contribution in [0.3, 0.4) is 0 Å². The first kappa shape index (κ1) is 17.1. The molecule has 23 heavy (non-hydrogen) atoms. The molecule has 0 saturated heterocycles. The average Bonchev–Trinajstić information content (AvgIpc) is 2.87. The summed E-state index contributed by atoms with van der Waals surface area (Å²) in [6.07, 6.45) is -4.70. The van der Waals surface area contributed by atoms with E-state index in [4.69, 9.17) is 5.84 Å². The Hall–Kier alpha value is -2.23. The number of para-hydroxylation sites is 1. The molecule has 1 heterocycles. The molecule has 1 aromatic carbocycles. The number of benzene rings is 1. The molecule has 2 aromatic rings. The SMILES string of the molecule is C[C@@H](Sc1nnc(C(F)(F)F)n1N)C(=O)N(C)c1ccccc1. The minimum absolute atomic E-state index is 0.181. The van der Waals surface area contributed by atoms with Gasteiger partial charge < -0.3 is 10.7 Å². The lowest BCUT2D eigenvalue weighted by atomic mass is 10.3. The molecule has 0 fully saturated rings. The maximum Gasteiger partial charge on any atom is 0.453 e. The van der Waals surface area contributed by atoms with Crippen LogP contribution in [0.25, 0.3) is 0 Å². The maximum absolute atomic E-state index is 12.6. The summed E-state index contributed by atoms with van der Waals surface area (Å²) in [6, 6.07) is 8.88. The number of carbonyl (C=O) groups excluding carboxylic acids is 1. The highest BCUT2D eigenvalue weighted by atomic mass is 32.2. The molecule has 124 valence electrons. The van der Waals surface area contributed by atoms with Crippen molar-refractivity contribution in [1.29, 1.82) is 0 Å². The normalized spacial score (nSPS) is 12.9. The molecule has 0 spiro atoms. The molecule has 0 aliphatic rings. The molecule has 1 amide bonds. The van der Waals surface area contributed by atoms with E-state index in [1.54, 1.807) is 38.2 Å². The van der Waals surface area contributed by atoms with E-state index in [1.165, 1.54) is 4.90 Å². The third-order valence-corrected chi connectivity index (χ3v) is 4.07. The number of alkyl halides is 3. The molecular weight excluding hydrogens is 331 g/mol. The standard InChI is InChI=1S/C13H14F3N5OS/c1-8(10(22)20(2)9-6-4-3-5-7-9)23-12-19-18-11(21(12)17)13(14,15)16/h3-8H,17H2,1-2H3/t8-/m1/s1. The molecule has 0 radical (unpaired) electrons. The van der Waals surface area contributed by atoms with Gasteiger partial charge in [0.2, 0.25) is 11.1 Å². The predicted octanol–water partition coefficient (Wildman–Crippen LogP) is 2.15. The third-order valence-electron chi connectivity index (χ3n) is 3.02. The largest absolute Gasteiger partial charge is 0.453 e. The Kier molecular flexibility index (Phi) is 4.83. The van der Waals surface area contributed by atoms with Crippen LogP contribution < -0.4 is 10.7 Å². The highest BCUT2D eigenvalue weighted by Gasteiger charge is 2.38. The number of carbonyl (C=O) groups is 1. The number of rotatable bonds is 4. The first-order chi connectivity index (χ1) is 10.7. The topological polar surface area (TPSA) is 77.0 Å². The second kappa shape index (κ2) is 6.49. The third kappa shape index (κ3) is 3.76. The molecule has 2 rings (SSSR count). The minimum Gasteiger partial charge on any atom is -0.335 e. The molecule has 1 atom stereocenters. The lowest BCUT2D eigenvalue weighted by Crippen LogP contribution is -2.33. The van der Waals surface area contributed by atoms with Crippen molar-refractivity contribution in [3.05, 3.63) is 36.2 Å². The number of hydrogen-bond donors (Lipinski definition) is 1. The van der Waals surface area contributed by atoms with Crippen LogP contribution in [0.1, 0.15) is 12.7 Å². The molecule has 2 N–H and O–H groups in total. The lowest BCUT2D eigenvalue weighted by molar-refractivity contribution is -0.146. The summed E-state index contributed by atoms with van der Waals surface area (Å²) >= 11 is 0.811. The van der Waals surface area contributed by atoms with E-state index in [9.17, 15) is 18.0 Å². The van der Waals surface area contributed by atoms with E-state index in [2.05, 4.69) is 10.2 Å². The van der Waals surface area contributed by atoms with Crippen LogP contribution in [0.15, 0.2) is 35.5 Å². The number of thioether (sulfide) groups is 1. The summed E-state index contributed by atoms with van der Waals surface area (Å²) in [4.78, 5) is 13.8. The van der Waals surface area contributed by atoms with Crippen molar-refractivity contribution in [3.8, 4) is 0 Å². The summed E-state index contributed by atoms with van der Waals surface area (Å²) in [5.41, 5.74) is 0.676. The molecule has 10 heteroatoms. The smallest absolute Gasteiger partial charge is 0.335 e. The number of aromatic nitrogens is 3. The van der Waals surface area contributed by atoms with Gasteiger partial charge in [-0.2, -0.15) is 13.2 Å². The van der Waals surface area contributed by atoms with Gasteiger partial charge in [0.05, 0.1) is 5.25 Å². The van der Waals surface area contributed by atoms with E-state index < -0.39 is 17.3 Å². The molecule has 0 saturated carbocycles. The van der Waals surface area contributed by atoms with Gasteiger partial charge in [0.1, 0.15) is 0 Å². The number of nitrogen functional groups attached to an aromatic ring is 1. The number of nitrogens with two attached hydrogens (primary N) is 1. The summed E-state index contributed by atoms with van der Waals surface area (Å²) in [6.45, 7) is 1.56. The van der Waals surface area contributed by atoms with Crippen LogP contribution in [-0.2, 0) is 11.0 Å². The van der Waals surface area contributed by atoms with Gasteiger partial charge in [-0.1, -0.05) is 30.0 Å². The molecule has 6 nitrogen and oxygen atoms in total. The Labute approximate surface area is 134 Å². The summed E-state index contributed by atoms with van der Waals surface area (Å²) in [5, 5.41) is 5.55. The molecule has 0 aliphatic heterocycles. The van der Waals surface area contributed by atoms with E-state index in [0.717, 1.165) is 11.8 Å². The fourth-order valence-corrected chi connectivity index (χ4v) is 2.67. The van der Waals surface area contributed by atoms with Gasteiger partial charge in [0.25, 0.3) is 5.82 Å². The van der Waals surface area contributed by atoms with Gasteiger partial charge in [-0.05, 0) is 19.1 Å². The molecule has 0 bridgehead atoms. The number of halogens is 3. The highest BCUT2D eigenvalue weighted by molar-refractivity contribution is 8.00. The van der Waals surface area contributed by atoms with Crippen LogP contribution in [0.4, 0.5) is 18.9 Å². The van der Waals surface area contributed by atoms with E-state index in [1.807, 2.05) is 6.07 Å². The highest BCUT2D eigenvalue weighted by Crippen LogP contribution is 2.30. The first-order valence-corrected chi connectivity index (χ1v) is 7.36. The van der Waals surface area contributed by atoms with Gasteiger partial charge in [0.15, 0.2) is 0 Å². The first-order valence-electron chi connectivity index (χ1n) is 6.48. The summed E-state index contributed by atoms with van der Waals surface area (Å²) in [7, 11) is 1.59. The van der Waals surface area contributed by atoms with Crippen molar-refractivity contribution < 1.29 is 18.0 Å². The Bertz CT molecular complexity index is 689. The van der Waals surface area contributed by atoms with Gasteiger partial charge in [0, 0.05) is 12.7 Å². The van der Waals surface area contributed by atoms with Crippen molar-refractivity contribution in [1.82, 2.24) is 14.9 Å². The zero-order valence-corrected chi connectivity index (χ0v) is 13.1. The van der Waals surface area contributed by atoms with Crippen LogP contribution >= 0.6 is 11.8 Å². The summed E-state index contributed by atoms with van der Waals surface area (Å²) < 4.78 is 38.2. The van der Waals surface area contributed by atoms with Gasteiger partial charge in [-0.25, -0.2) is 4.68 Å². The van der Waals surface area contributed by atoms with Crippen molar-refractivity contribution in [2.45, 2.75) is 23.5 Å². The number of amides is 1. The fraction of sp³-hybridized carbons (Fsp3) is 0.308. The average molecular weight is 345 g/mol. The van der Waals surface area contributed by atoms with Crippen molar-refractivity contribution in [2.24, 2.45) is 0 Å². The number of anilines is 1. The zero-order chi connectivity index (χ0) is 17.2. The lowest BCUT2D eigenvalue weighted by Gasteiger charge is -2.20. The Balaban J connectivity index is 2.12. The second-order valence-electron chi connectivity index (χ2n) is 4.67. The van der Waals surface area contributed by atoms with Crippen LogP contribution in [-0.4, -0.2) is 33.1 Å². The molecular formula is C13H14F3N5OS. The Morgan fingerprint density at radius 2 is 1.91 bits per heavy atom. The van der Waals surface area contributed by atoms with Gasteiger partial charge >= 0.3 is 6.18 Å². The zero-order valence-electron chi connectivity index (χ0n) is 12.3. The van der Waals surface area contributed by atoms with Crippen LogP contribution in [0.2, 0.25) is 0 Å². The van der Waals surface area contributed by atoms with E-state index >= 15 is 0 Å². The number of nitrogens with zero attached hydrogens (tertiary/aromatic N) is 4. The summed E-state index contributed by atoms with van der Waals surface area (Å²) in [5.74, 6) is 3.75.